The Balaban J connectivity index is 2.31. The molecule has 1 amide bonds. The lowest BCUT2D eigenvalue weighted by Crippen LogP contribution is -2.30. The van der Waals surface area contributed by atoms with Gasteiger partial charge in [0.1, 0.15) is 5.75 Å². The number of aromatic nitrogens is 1. The third kappa shape index (κ3) is 1.86. The fraction of sp³-hybridized carbons (Fsp3) is 0. The molecule has 0 aliphatic rings. The molecule has 2 rings (SSSR count). The molecule has 0 bridgehead atoms. The van der Waals surface area contributed by atoms with Crippen molar-refractivity contribution in [2.45, 2.75) is 0 Å². The Morgan fingerprint density at radius 3 is 2.69 bits per heavy atom. The van der Waals surface area contributed by atoms with Crippen LogP contribution in [-0.2, 0) is 0 Å². The van der Waals surface area contributed by atoms with Crippen LogP contribution in [0.1, 0.15) is 10.5 Å². The number of phenols is 1. The van der Waals surface area contributed by atoms with Crippen LogP contribution in [0.4, 0.5) is 0 Å². The zero-order valence-corrected chi connectivity index (χ0v) is 8.18. The van der Waals surface area contributed by atoms with Crippen LogP contribution in [-0.4, -0.2) is 16.2 Å². The van der Waals surface area contributed by atoms with Crippen LogP contribution in [0.15, 0.2) is 34.9 Å². The van der Waals surface area contributed by atoms with Gasteiger partial charge >= 0.3 is 0 Å². The lowest BCUT2D eigenvalue weighted by Gasteiger charge is -1.94. The van der Waals surface area contributed by atoms with E-state index >= 15 is 0 Å². The van der Waals surface area contributed by atoms with Crippen molar-refractivity contribution in [3.63, 3.8) is 0 Å². The fourth-order valence-electron chi connectivity index (χ4n) is 1.22. The van der Waals surface area contributed by atoms with E-state index in [0.717, 1.165) is 0 Å². The van der Waals surface area contributed by atoms with Crippen molar-refractivity contribution in [1.29, 1.82) is 0 Å². The van der Waals surface area contributed by atoms with E-state index in [0.29, 0.717) is 11.3 Å². The molecule has 0 aliphatic carbocycles. The van der Waals surface area contributed by atoms with Crippen molar-refractivity contribution in [3.8, 4) is 17.1 Å². The highest BCUT2D eigenvalue weighted by molar-refractivity contribution is 5.92. The molecule has 82 valence electrons. The van der Waals surface area contributed by atoms with Gasteiger partial charge in [0.15, 0.2) is 11.5 Å². The quantitative estimate of drug-likeness (QED) is 0.391. The van der Waals surface area contributed by atoms with Gasteiger partial charge in [-0.2, -0.15) is 0 Å². The van der Waals surface area contributed by atoms with Gasteiger partial charge in [-0.1, -0.05) is 5.16 Å². The maximum Gasteiger partial charge on any atom is 0.287 e. The number of amides is 1. The molecule has 0 spiro atoms. The Bertz CT molecular complexity index is 504. The number of hydrogen-bond acceptors (Lipinski definition) is 5. The van der Waals surface area contributed by atoms with Crippen molar-refractivity contribution in [2.24, 2.45) is 5.84 Å². The number of nitrogens with zero attached hydrogens (tertiary/aromatic N) is 1. The summed E-state index contributed by atoms with van der Waals surface area (Å²) >= 11 is 0. The highest BCUT2D eigenvalue weighted by Gasteiger charge is 2.12. The van der Waals surface area contributed by atoms with Crippen LogP contribution in [0.25, 0.3) is 11.3 Å². The number of benzene rings is 1. The Morgan fingerprint density at radius 2 is 2.06 bits per heavy atom. The first-order chi connectivity index (χ1) is 7.70. The number of nitrogen functional groups attached to an aromatic ring is 1. The van der Waals surface area contributed by atoms with Gasteiger partial charge in [0.25, 0.3) is 5.91 Å². The Kier molecular flexibility index (Phi) is 2.57. The summed E-state index contributed by atoms with van der Waals surface area (Å²) < 4.78 is 4.97. The van der Waals surface area contributed by atoms with E-state index in [4.69, 9.17) is 15.5 Å². The summed E-state index contributed by atoms with van der Waals surface area (Å²) in [5.41, 5.74) is 2.77. The van der Waals surface area contributed by atoms with E-state index in [2.05, 4.69) is 5.16 Å². The average Bonchev–Trinajstić information content (AvgIpc) is 2.78. The second-order valence-corrected chi connectivity index (χ2v) is 3.10. The fourth-order valence-corrected chi connectivity index (χ4v) is 1.22. The van der Waals surface area contributed by atoms with Crippen LogP contribution < -0.4 is 11.3 Å². The minimum Gasteiger partial charge on any atom is -0.508 e. The largest absolute Gasteiger partial charge is 0.508 e. The van der Waals surface area contributed by atoms with Gasteiger partial charge in [-0.15, -0.1) is 0 Å². The van der Waals surface area contributed by atoms with Crippen LogP contribution in [0.3, 0.4) is 0 Å². The van der Waals surface area contributed by atoms with Crippen LogP contribution >= 0.6 is 0 Å². The molecular weight excluding hydrogens is 210 g/mol. The third-order valence-electron chi connectivity index (χ3n) is 2.03. The van der Waals surface area contributed by atoms with Crippen molar-refractivity contribution >= 4 is 5.91 Å². The molecule has 2 aromatic rings. The third-order valence-corrected chi connectivity index (χ3v) is 2.03. The van der Waals surface area contributed by atoms with E-state index in [1.807, 2.05) is 5.43 Å². The first-order valence-electron chi connectivity index (χ1n) is 4.48. The SMILES string of the molecule is NNC(=O)c1cc(-c2ccc(O)cc2)on1. The minimum atomic E-state index is -0.520. The maximum absolute atomic E-state index is 11.1. The Hall–Kier alpha value is -2.34. The number of phenolic OH excluding ortho intramolecular Hbond substituents is 1. The molecule has 16 heavy (non-hydrogen) atoms. The predicted octanol–water partition coefficient (Wildman–Crippen LogP) is 0.651. The minimum absolute atomic E-state index is 0.102. The van der Waals surface area contributed by atoms with Crippen molar-refractivity contribution in [2.75, 3.05) is 0 Å². The van der Waals surface area contributed by atoms with Gasteiger partial charge < -0.3 is 9.63 Å². The monoisotopic (exact) mass is 219 g/mol. The number of carbonyl (C=O) groups excluding carboxylic acids is 1. The molecule has 0 saturated carbocycles. The predicted molar refractivity (Wildman–Crippen MR) is 55.3 cm³/mol. The highest BCUT2D eigenvalue weighted by atomic mass is 16.5. The highest BCUT2D eigenvalue weighted by Crippen LogP contribution is 2.22. The van der Waals surface area contributed by atoms with Crippen molar-refractivity contribution in [1.82, 2.24) is 10.6 Å². The van der Waals surface area contributed by atoms with Crippen molar-refractivity contribution in [3.05, 3.63) is 36.0 Å². The molecule has 0 radical (unpaired) electrons. The number of nitrogens with one attached hydrogen (secondary N) is 1. The molecule has 1 aromatic heterocycles. The van der Waals surface area contributed by atoms with E-state index in [1.165, 1.54) is 18.2 Å². The number of rotatable bonds is 2. The maximum atomic E-state index is 11.1. The number of carbonyl (C=O) groups is 1. The lowest BCUT2D eigenvalue weighted by atomic mass is 10.1. The molecule has 0 aliphatic heterocycles. The molecule has 1 heterocycles. The summed E-state index contributed by atoms with van der Waals surface area (Å²) in [7, 11) is 0. The van der Waals surface area contributed by atoms with Gasteiger partial charge in [0, 0.05) is 11.6 Å². The number of nitrogens with two attached hydrogens (primary N) is 1. The second kappa shape index (κ2) is 4.03. The van der Waals surface area contributed by atoms with Gasteiger partial charge in [0.05, 0.1) is 0 Å². The van der Waals surface area contributed by atoms with E-state index in [-0.39, 0.29) is 11.4 Å². The Morgan fingerprint density at radius 1 is 1.38 bits per heavy atom. The normalized spacial score (nSPS) is 10.1. The van der Waals surface area contributed by atoms with Gasteiger partial charge in [-0.05, 0) is 24.3 Å². The van der Waals surface area contributed by atoms with Crippen molar-refractivity contribution < 1.29 is 14.4 Å². The zero-order chi connectivity index (χ0) is 11.5. The molecule has 1 aromatic carbocycles. The summed E-state index contributed by atoms with van der Waals surface area (Å²) in [6, 6.07) is 7.80. The lowest BCUT2D eigenvalue weighted by molar-refractivity contribution is 0.0944. The first kappa shape index (κ1) is 10.2. The van der Waals surface area contributed by atoms with Crippen LogP contribution in [0, 0.1) is 0 Å². The topological polar surface area (TPSA) is 101 Å². The standard InChI is InChI=1S/C10H9N3O3/c11-12-10(15)8-5-9(16-13-8)6-1-3-7(14)4-2-6/h1-5,14H,11H2,(H,12,15). The number of hydrazine groups is 1. The zero-order valence-electron chi connectivity index (χ0n) is 8.18. The molecule has 0 atom stereocenters. The summed E-state index contributed by atoms with van der Waals surface area (Å²) in [5, 5.41) is 12.7. The van der Waals surface area contributed by atoms with Crippen LogP contribution in [0.5, 0.6) is 5.75 Å². The molecule has 4 N–H and O–H groups in total. The summed E-state index contributed by atoms with van der Waals surface area (Å²) in [6.45, 7) is 0. The van der Waals surface area contributed by atoms with Crippen LogP contribution in [0.2, 0.25) is 0 Å². The smallest absolute Gasteiger partial charge is 0.287 e. The molecule has 0 saturated heterocycles. The molecule has 6 heteroatoms. The average molecular weight is 219 g/mol. The molecule has 6 nitrogen and oxygen atoms in total. The van der Waals surface area contributed by atoms with Gasteiger partial charge in [-0.25, -0.2) is 5.84 Å². The van der Waals surface area contributed by atoms with E-state index in [1.54, 1.807) is 12.1 Å². The summed E-state index contributed by atoms with van der Waals surface area (Å²) in [5.74, 6) is 5.02. The number of hydrogen-bond donors (Lipinski definition) is 3. The van der Waals surface area contributed by atoms with E-state index in [9.17, 15) is 4.79 Å². The summed E-state index contributed by atoms with van der Waals surface area (Å²) in [4.78, 5) is 11.1. The second-order valence-electron chi connectivity index (χ2n) is 3.10. The van der Waals surface area contributed by atoms with Gasteiger partial charge in [-0.3, -0.25) is 10.2 Å². The molecule has 0 fully saturated rings. The molecule has 0 unspecified atom stereocenters. The Labute approximate surface area is 90.6 Å². The van der Waals surface area contributed by atoms with Gasteiger partial charge in [0.2, 0.25) is 0 Å². The number of aromatic hydroxyl groups is 1. The van der Waals surface area contributed by atoms with E-state index < -0.39 is 5.91 Å². The first-order valence-corrected chi connectivity index (χ1v) is 4.48. The molecular formula is C10H9N3O3. The summed E-state index contributed by atoms with van der Waals surface area (Å²) in [6.07, 6.45) is 0.